The van der Waals surface area contributed by atoms with E-state index in [1.807, 2.05) is 6.92 Å². The molecule has 1 aliphatic rings. The SMILES string of the molecule is CCOC1CC(CC(Cc2ccc(F)cc2Cl)NN)C1. The van der Waals surface area contributed by atoms with Crippen LogP contribution in [0.4, 0.5) is 4.39 Å². The molecule has 0 aliphatic heterocycles. The number of ether oxygens (including phenoxy) is 1. The number of rotatable bonds is 7. The van der Waals surface area contributed by atoms with Crippen LogP contribution in [0, 0.1) is 11.7 Å². The highest BCUT2D eigenvalue weighted by molar-refractivity contribution is 6.31. The van der Waals surface area contributed by atoms with Gasteiger partial charge >= 0.3 is 0 Å². The van der Waals surface area contributed by atoms with E-state index in [0.29, 0.717) is 23.5 Å². The van der Waals surface area contributed by atoms with Crippen molar-refractivity contribution in [2.75, 3.05) is 6.61 Å². The van der Waals surface area contributed by atoms with Gasteiger partial charge in [0.15, 0.2) is 0 Å². The molecule has 3 nitrogen and oxygen atoms in total. The Morgan fingerprint density at radius 1 is 1.50 bits per heavy atom. The number of hydrogen-bond acceptors (Lipinski definition) is 3. The number of benzene rings is 1. The van der Waals surface area contributed by atoms with E-state index in [1.54, 1.807) is 6.07 Å². The summed E-state index contributed by atoms with van der Waals surface area (Å²) in [5, 5.41) is 0.464. The first-order chi connectivity index (χ1) is 9.62. The van der Waals surface area contributed by atoms with Crippen molar-refractivity contribution in [3.8, 4) is 0 Å². The molecule has 1 aromatic rings. The Hall–Kier alpha value is -0.680. The van der Waals surface area contributed by atoms with E-state index in [2.05, 4.69) is 5.43 Å². The maximum Gasteiger partial charge on any atom is 0.124 e. The summed E-state index contributed by atoms with van der Waals surface area (Å²) in [7, 11) is 0. The molecule has 0 heterocycles. The van der Waals surface area contributed by atoms with Crippen molar-refractivity contribution in [3.63, 3.8) is 0 Å². The van der Waals surface area contributed by atoms with Crippen molar-refractivity contribution < 1.29 is 9.13 Å². The van der Waals surface area contributed by atoms with Gasteiger partial charge in [-0.3, -0.25) is 11.3 Å². The third-order valence-corrected chi connectivity index (χ3v) is 4.28. The van der Waals surface area contributed by atoms with Crippen LogP contribution in [-0.4, -0.2) is 18.8 Å². The first-order valence-corrected chi connectivity index (χ1v) is 7.51. The lowest BCUT2D eigenvalue weighted by molar-refractivity contribution is -0.0290. The number of halogens is 2. The lowest BCUT2D eigenvalue weighted by atomic mass is 9.77. The molecule has 2 rings (SSSR count). The molecule has 0 aromatic heterocycles. The van der Waals surface area contributed by atoms with Crippen molar-refractivity contribution in [2.24, 2.45) is 11.8 Å². The lowest BCUT2D eigenvalue weighted by Crippen LogP contribution is -2.42. The highest BCUT2D eigenvalue weighted by Crippen LogP contribution is 2.34. The smallest absolute Gasteiger partial charge is 0.124 e. The van der Waals surface area contributed by atoms with Gasteiger partial charge in [-0.05, 0) is 56.2 Å². The first kappa shape index (κ1) is 15.7. The Balaban J connectivity index is 1.84. The van der Waals surface area contributed by atoms with Crippen molar-refractivity contribution in [1.29, 1.82) is 0 Å². The van der Waals surface area contributed by atoms with E-state index < -0.39 is 0 Å². The molecule has 0 amide bonds. The van der Waals surface area contributed by atoms with Gasteiger partial charge in [0.05, 0.1) is 6.10 Å². The van der Waals surface area contributed by atoms with Crippen molar-refractivity contribution in [2.45, 2.75) is 44.8 Å². The molecule has 0 bridgehead atoms. The van der Waals surface area contributed by atoms with Crippen LogP contribution in [0.5, 0.6) is 0 Å². The normalized spacial score (nSPS) is 23.4. The fourth-order valence-electron chi connectivity index (χ4n) is 2.80. The first-order valence-electron chi connectivity index (χ1n) is 7.14. The second-order valence-corrected chi connectivity index (χ2v) is 5.86. The van der Waals surface area contributed by atoms with Crippen LogP contribution in [0.1, 0.15) is 31.7 Å². The van der Waals surface area contributed by atoms with Crippen molar-refractivity contribution in [3.05, 3.63) is 34.6 Å². The molecule has 0 saturated heterocycles. The summed E-state index contributed by atoms with van der Waals surface area (Å²) in [6.07, 6.45) is 4.32. The Morgan fingerprint density at radius 2 is 2.25 bits per heavy atom. The second kappa shape index (κ2) is 7.36. The zero-order valence-corrected chi connectivity index (χ0v) is 12.5. The predicted molar refractivity (Wildman–Crippen MR) is 79.0 cm³/mol. The summed E-state index contributed by atoms with van der Waals surface area (Å²) >= 11 is 6.05. The van der Waals surface area contributed by atoms with Gasteiger partial charge in [0.1, 0.15) is 5.82 Å². The van der Waals surface area contributed by atoms with Gasteiger partial charge in [-0.15, -0.1) is 0 Å². The molecule has 3 N–H and O–H groups in total. The molecule has 5 heteroatoms. The minimum absolute atomic E-state index is 0.158. The molecule has 1 aliphatic carbocycles. The Kier molecular flexibility index (Phi) is 5.78. The maximum absolute atomic E-state index is 13.0. The van der Waals surface area contributed by atoms with Gasteiger partial charge in [-0.25, -0.2) is 4.39 Å². The number of nitrogens with one attached hydrogen (secondary N) is 1. The van der Waals surface area contributed by atoms with Gasteiger partial charge in [0.25, 0.3) is 0 Å². The van der Waals surface area contributed by atoms with Crippen molar-refractivity contribution in [1.82, 2.24) is 5.43 Å². The van der Waals surface area contributed by atoms with Crippen LogP contribution >= 0.6 is 11.6 Å². The quantitative estimate of drug-likeness (QED) is 0.601. The van der Waals surface area contributed by atoms with Crippen LogP contribution in [-0.2, 0) is 11.2 Å². The molecular weight excluding hydrogens is 279 g/mol. The zero-order chi connectivity index (χ0) is 14.5. The third kappa shape index (κ3) is 4.16. The molecule has 1 unspecified atom stereocenters. The molecule has 0 spiro atoms. The average Bonchev–Trinajstić information content (AvgIpc) is 2.37. The molecule has 0 radical (unpaired) electrons. The molecule has 1 atom stereocenters. The van der Waals surface area contributed by atoms with Crippen LogP contribution < -0.4 is 11.3 Å². The Morgan fingerprint density at radius 3 is 2.85 bits per heavy atom. The van der Waals surface area contributed by atoms with Gasteiger partial charge in [0, 0.05) is 17.7 Å². The number of hydrazine groups is 1. The van der Waals surface area contributed by atoms with E-state index >= 15 is 0 Å². The Bertz CT molecular complexity index is 438. The molecule has 1 fully saturated rings. The number of nitrogens with two attached hydrogens (primary N) is 1. The van der Waals surface area contributed by atoms with E-state index in [0.717, 1.165) is 31.4 Å². The van der Waals surface area contributed by atoms with Crippen LogP contribution in [0.15, 0.2) is 18.2 Å². The van der Waals surface area contributed by atoms with Crippen LogP contribution in [0.2, 0.25) is 5.02 Å². The third-order valence-electron chi connectivity index (χ3n) is 3.93. The summed E-state index contributed by atoms with van der Waals surface area (Å²) in [5.41, 5.74) is 3.77. The van der Waals surface area contributed by atoms with Crippen LogP contribution in [0.3, 0.4) is 0 Å². The van der Waals surface area contributed by atoms with Crippen molar-refractivity contribution >= 4 is 11.6 Å². The predicted octanol–water partition coefficient (Wildman–Crippen LogP) is 3.06. The molecule has 1 saturated carbocycles. The van der Waals surface area contributed by atoms with E-state index in [1.165, 1.54) is 12.1 Å². The van der Waals surface area contributed by atoms with Gasteiger partial charge < -0.3 is 4.74 Å². The Labute approximate surface area is 124 Å². The maximum atomic E-state index is 13.0. The van der Waals surface area contributed by atoms with Crippen LogP contribution in [0.25, 0.3) is 0 Å². The van der Waals surface area contributed by atoms with E-state index in [9.17, 15) is 4.39 Å². The summed E-state index contributed by atoms with van der Waals surface area (Å²) in [5.74, 6) is 5.96. The minimum atomic E-state index is -0.311. The van der Waals surface area contributed by atoms with Gasteiger partial charge in [-0.1, -0.05) is 17.7 Å². The zero-order valence-electron chi connectivity index (χ0n) is 11.7. The molecule has 20 heavy (non-hydrogen) atoms. The summed E-state index contributed by atoms with van der Waals surface area (Å²) in [4.78, 5) is 0. The largest absolute Gasteiger partial charge is 0.378 e. The van der Waals surface area contributed by atoms with E-state index in [-0.39, 0.29) is 11.9 Å². The monoisotopic (exact) mass is 300 g/mol. The standard InChI is InChI=1S/C15H22ClFN2O/c1-2-20-14-6-10(7-14)5-13(19-18)8-11-3-4-12(17)9-15(11)16/h3-4,9-10,13-14,19H,2,5-8,18H2,1H3. The second-order valence-electron chi connectivity index (χ2n) is 5.45. The fourth-order valence-corrected chi connectivity index (χ4v) is 3.05. The van der Waals surface area contributed by atoms with Gasteiger partial charge in [0.2, 0.25) is 0 Å². The molecule has 1 aromatic carbocycles. The minimum Gasteiger partial charge on any atom is -0.378 e. The summed E-state index contributed by atoms with van der Waals surface area (Å²) in [6, 6.07) is 4.67. The highest BCUT2D eigenvalue weighted by Gasteiger charge is 2.31. The lowest BCUT2D eigenvalue weighted by Gasteiger charge is -2.37. The average molecular weight is 301 g/mol. The topological polar surface area (TPSA) is 47.3 Å². The van der Waals surface area contributed by atoms with Gasteiger partial charge in [-0.2, -0.15) is 0 Å². The highest BCUT2D eigenvalue weighted by atomic mass is 35.5. The summed E-state index contributed by atoms with van der Waals surface area (Å²) in [6.45, 7) is 2.80. The fraction of sp³-hybridized carbons (Fsp3) is 0.600. The number of hydrogen-bond donors (Lipinski definition) is 2. The van der Waals surface area contributed by atoms with E-state index in [4.69, 9.17) is 22.2 Å². The summed E-state index contributed by atoms with van der Waals surface area (Å²) < 4.78 is 18.6. The molecular formula is C15H22ClFN2O. The molecule has 112 valence electrons.